The Labute approximate surface area is 175 Å². The molecule has 164 valence electrons. The molecule has 0 aliphatic carbocycles. The molecule has 7 nitrogen and oxygen atoms in total. The number of morpholine rings is 1. The normalized spacial score (nSPS) is 20.7. The largest absolute Gasteiger partial charge is 0.497 e. The Morgan fingerprint density at radius 3 is 2.55 bits per heavy atom. The highest BCUT2D eigenvalue weighted by atomic mass is 16.5. The lowest BCUT2D eigenvalue weighted by molar-refractivity contribution is 0.000134. The van der Waals surface area contributed by atoms with Gasteiger partial charge < -0.3 is 24.2 Å². The van der Waals surface area contributed by atoms with Gasteiger partial charge in [-0.05, 0) is 58.2 Å². The van der Waals surface area contributed by atoms with Crippen LogP contribution in [0, 0.1) is 0 Å². The average Bonchev–Trinajstić information content (AvgIpc) is 2.73. The van der Waals surface area contributed by atoms with Crippen LogP contribution in [-0.4, -0.2) is 106 Å². The molecular formula is C22H37N3O4. The second-order valence-electron chi connectivity index (χ2n) is 8.36. The van der Waals surface area contributed by atoms with Gasteiger partial charge in [-0.1, -0.05) is 0 Å². The molecular weight excluding hydrogens is 370 g/mol. The van der Waals surface area contributed by atoms with E-state index >= 15 is 0 Å². The SMILES string of the molecule is COc1ccc(OCC(O)CN(C)C)c(CN2CCC(N3CCOCC3)CC2)c1. The molecule has 7 heteroatoms. The molecule has 2 heterocycles. The lowest BCUT2D eigenvalue weighted by Crippen LogP contribution is -2.48. The van der Waals surface area contributed by atoms with Gasteiger partial charge in [0, 0.05) is 37.8 Å². The summed E-state index contributed by atoms with van der Waals surface area (Å²) >= 11 is 0. The summed E-state index contributed by atoms with van der Waals surface area (Å²) in [7, 11) is 5.58. The van der Waals surface area contributed by atoms with Crippen LogP contribution in [0.15, 0.2) is 18.2 Å². The maximum absolute atomic E-state index is 10.1. The van der Waals surface area contributed by atoms with Gasteiger partial charge in [0.05, 0.1) is 20.3 Å². The third-order valence-corrected chi connectivity index (χ3v) is 5.79. The van der Waals surface area contributed by atoms with Crippen molar-refractivity contribution in [1.82, 2.24) is 14.7 Å². The number of piperidine rings is 1. The van der Waals surface area contributed by atoms with Gasteiger partial charge in [-0.15, -0.1) is 0 Å². The van der Waals surface area contributed by atoms with E-state index in [4.69, 9.17) is 14.2 Å². The monoisotopic (exact) mass is 407 g/mol. The Morgan fingerprint density at radius 2 is 1.90 bits per heavy atom. The minimum atomic E-state index is -0.510. The summed E-state index contributed by atoms with van der Waals surface area (Å²) in [6, 6.07) is 6.61. The number of rotatable bonds is 9. The zero-order valence-corrected chi connectivity index (χ0v) is 18.2. The Morgan fingerprint density at radius 1 is 1.17 bits per heavy atom. The minimum absolute atomic E-state index is 0.288. The molecule has 2 aliphatic rings. The van der Waals surface area contributed by atoms with E-state index in [0.717, 1.165) is 63.0 Å². The van der Waals surface area contributed by atoms with Crippen LogP contribution in [0.1, 0.15) is 18.4 Å². The van der Waals surface area contributed by atoms with Crippen LogP contribution < -0.4 is 9.47 Å². The van der Waals surface area contributed by atoms with Crippen molar-refractivity contribution >= 4 is 0 Å². The van der Waals surface area contributed by atoms with Gasteiger partial charge in [-0.3, -0.25) is 9.80 Å². The van der Waals surface area contributed by atoms with Crippen LogP contribution in [0.25, 0.3) is 0 Å². The number of benzene rings is 1. The highest BCUT2D eigenvalue weighted by Crippen LogP contribution is 2.27. The smallest absolute Gasteiger partial charge is 0.124 e. The van der Waals surface area contributed by atoms with E-state index in [-0.39, 0.29) is 6.61 Å². The number of likely N-dealkylation sites (tertiary alicyclic amines) is 1. The lowest BCUT2D eigenvalue weighted by atomic mass is 10.0. The highest BCUT2D eigenvalue weighted by Gasteiger charge is 2.26. The second kappa shape index (κ2) is 11.1. The fourth-order valence-electron chi connectivity index (χ4n) is 4.23. The molecule has 3 rings (SSSR count). The van der Waals surface area contributed by atoms with Crippen LogP contribution in [0.5, 0.6) is 11.5 Å². The first kappa shape index (κ1) is 22.3. The van der Waals surface area contributed by atoms with Crippen molar-refractivity contribution in [2.45, 2.75) is 31.5 Å². The summed E-state index contributed by atoms with van der Waals surface area (Å²) in [6.45, 7) is 7.74. The Kier molecular flexibility index (Phi) is 8.56. The standard InChI is InChI=1S/C22H37N3O4/c1-23(2)16-20(26)17-29-22-5-4-21(27-3)14-18(22)15-24-8-6-19(7-9-24)25-10-12-28-13-11-25/h4-5,14,19-20,26H,6-13,15-17H2,1-3H3. The minimum Gasteiger partial charge on any atom is -0.497 e. The molecule has 0 aromatic heterocycles. The van der Waals surface area contributed by atoms with Crippen molar-refractivity contribution in [3.05, 3.63) is 23.8 Å². The van der Waals surface area contributed by atoms with E-state index in [1.165, 1.54) is 12.8 Å². The molecule has 0 bridgehead atoms. The molecule has 1 aromatic rings. The number of ether oxygens (including phenoxy) is 3. The predicted molar refractivity (Wildman–Crippen MR) is 114 cm³/mol. The van der Waals surface area contributed by atoms with E-state index < -0.39 is 6.10 Å². The van der Waals surface area contributed by atoms with E-state index in [2.05, 4.69) is 15.9 Å². The molecule has 1 unspecified atom stereocenters. The van der Waals surface area contributed by atoms with Crippen LogP contribution in [0.3, 0.4) is 0 Å². The summed E-state index contributed by atoms with van der Waals surface area (Å²) in [5.74, 6) is 1.67. The fourth-order valence-corrected chi connectivity index (χ4v) is 4.23. The molecule has 2 saturated heterocycles. The Bertz CT molecular complexity index is 614. The molecule has 0 saturated carbocycles. The molecule has 2 fully saturated rings. The van der Waals surface area contributed by atoms with Gasteiger partial charge in [0.1, 0.15) is 24.2 Å². The zero-order chi connectivity index (χ0) is 20.6. The number of methoxy groups -OCH3 is 1. The number of hydrogen-bond acceptors (Lipinski definition) is 7. The summed E-state index contributed by atoms with van der Waals surface area (Å²) < 4.78 is 16.9. The number of hydrogen-bond donors (Lipinski definition) is 1. The average molecular weight is 408 g/mol. The number of aliphatic hydroxyl groups is 1. The quantitative estimate of drug-likeness (QED) is 0.662. The molecule has 1 N–H and O–H groups in total. The van der Waals surface area contributed by atoms with Crippen molar-refractivity contribution in [2.24, 2.45) is 0 Å². The molecule has 29 heavy (non-hydrogen) atoms. The second-order valence-corrected chi connectivity index (χ2v) is 8.36. The van der Waals surface area contributed by atoms with Crippen LogP contribution >= 0.6 is 0 Å². The van der Waals surface area contributed by atoms with Gasteiger partial charge in [-0.2, -0.15) is 0 Å². The van der Waals surface area contributed by atoms with Gasteiger partial charge in [0.25, 0.3) is 0 Å². The molecule has 1 aromatic carbocycles. The van der Waals surface area contributed by atoms with Crippen LogP contribution in [0.4, 0.5) is 0 Å². The molecule has 1 atom stereocenters. The van der Waals surface area contributed by atoms with Gasteiger partial charge >= 0.3 is 0 Å². The first-order valence-electron chi connectivity index (χ1n) is 10.7. The summed E-state index contributed by atoms with van der Waals surface area (Å²) in [5, 5.41) is 10.1. The van der Waals surface area contributed by atoms with Gasteiger partial charge in [0.15, 0.2) is 0 Å². The third-order valence-electron chi connectivity index (χ3n) is 5.79. The van der Waals surface area contributed by atoms with Crippen molar-refractivity contribution in [2.75, 3.05) is 73.7 Å². The first-order valence-corrected chi connectivity index (χ1v) is 10.7. The van der Waals surface area contributed by atoms with Crippen molar-refractivity contribution < 1.29 is 19.3 Å². The van der Waals surface area contributed by atoms with E-state index in [1.807, 2.05) is 31.1 Å². The zero-order valence-electron chi connectivity index (χ0n) is 18.2. The lowest BCUT2D eigenvalue weighted by Gasteiger charge is -2.40. The topological polar surface area (TPSA) is 57.6 Å². The maximum Gasteiger partial charge on any atom is 0.124 e. The number of aliphatic hydroxyl groups excluding tert-OH is 1. The predicted octanol–water partition coefficient (Wildman–Crippen LogP) is 1.29. The Balaban J connectivity index is 1.56. The maximum atomic E-state index is 10.1. The number of nitrogens with zero attached hydrogens (tertiary/aromatic N) is 3. The van der Waals surface area contributed by atoms with E-state index in [9.17, 15) is 5.11 Å². The Hall–Kier alpha value is -1.38. The summed E-state index contributed by atoms with van der Waals surface area (Å²) in [4.78, 5) is 7.05. The van der Waals surface area contributed by atoms with Gasteiger partial charge in [0.2, 0.25) is 0 Å². The molecule has 2 aliphatic heterocycles. The summed E-state index contributed by atoms with van der Waals surface area (Å²) in [6.07, 6.45) is 1.88. The third kappa shape index (κ3) is 6.83. The molecule has 0 radical (unpaired) electrons. The summed E-state index contributed by atoms with van der Waals surface area (Å²) in [5.41, 5.74) is 1.12. The van der Waals surface area contributed by atoms with E-state index in [0.29, 0.717) is 12.6 Å². The van der Waals surface area contributed by atoms with Crippen molar-refractivity contribution in [3.63, 3.8) is 0 Å². The number of likely N-dealkylation sites (N-methyl/N-ethyl adjacent to an activating group) is 1. The first-order chi connectivity index (χ1) is 14.0. The van der Waals surface area contributed by atoms with Crippen LogP contribution in [0.2, 0.25) is 0 Å². The van der Waals surface area contributed by atoms with Gasteiger partial charge in [-0.25, -0.2) is 0 Å². The van der Waals surface area contributed by atoms with Crippen molar-refractivity contribution in [1.29, 1.82) is 0 Å². The highest BCUT2D eigenvalue weighted by molar-refractivity contribution is 5.40. The molecule has 0 amide bonds. The van der Waals surface area contributed by atoms with E-state index in [1.54, 1.807) is 7.11 Å². The van der Waals surface area contributed by atoms with Crippen molar-refractivity contribution in [3.8, 4) is 11.5 Å². The fraction of sp³-hybridized carbons (Fsp3) is 0.727. The van der Waals surface area contributed by atoms with Crippen LogP contribution in [-0.2, 0) is 11.3 Å². The molecule has 0 spiro atoms.